The Labute approximate surface area is 191 Å². The summed E-state index contributed by atoms with van der Waals surface area (Å²) < 4.78 is 30.9. The van der Waals surface area contributed by atoms with E-state index < -0.39 is 5.82 Å². The number of hydrogen-bond donors (Lipinski definition) is 0. The van der Waals surface area contributed by atoms with Crippen molar-refractivity contribution >= 4 is 23.5 Å². The number of carbonyl (C=O) groups is 1. The second-order valence-electron chi connectivity index (χ2n) is 7.12. The minimum atomic E-state index is -0.469. The first kappa shape index (κ1) is 22.1. The highest BCUT2D eigenvalue weighted by Gasteiger charge is 2.34. The Balaban J connectivity index is 1.81. The van der Waals surface area contributed by atoms with Crippen LogP contribution in [-0.2, 0) is 4.79 Å². The monoisotopic (exact) mass is 446 g/mol. The van der Waals surface area contributed by atoms with Crippen LogP contribution in [0.5, 0.6) is 17.2 Å². The van der Waals surface area contributed by atoms with Gasteiger partial charge < -0.3 is 14.2 Å². The normalized spacial score (nSPS) is 14.4. The molecule has 7 heteroatoms. The van der Waals surface area contributed by atoms with Crippen LogP contribution in [-0.4, -0.2) is 32.6 Å². The molecule has 0 radical (unpaired) electrons. The summed E-state index contributed by atoms with van der Waals surface area (Å²) in [5.74, 6) is 1.19. The van der Waals surface area contributed by atoms with E-state index in [0.717, 1.165) is 0 Å². The lowest BCUT2D eigenvalue weighted by Gasteiger charge is -2.19. The van der Waals surface area contributed by atoms with Crippen molar-refractivity contribution in [3.8, 4) is 17.2 Å². The van der Waals surface area contributed by atoms with E-state index in [4.69, 9.17) is 14.2 Å². The molecular formula is C26H23FN2O4. The van der Waals surface area contributed by atoms with Crippen LogP contribution in [0.3, 0.4) is 0 Å². The maximum absolute atomic E-state index is 14.7. The van der Waals surface area contributed by atoms with E-state index >= 15 is 0 Å². The van der Waals surface area contributed by atoms with Crippen LogP contribution >= 0.6 is 0 Å². The molecule has 0 aromatic heterocycles. The standard InChI is InChI=1S/C26H23FN2O4/c1-4-33-19-13-10-18(11-14-19)29-25(21-7-5-6-8-22(21)27)28-23(26(29)30)15-17-9-12-20(31-2)16-24(17)32-3/h5-16H,4H2,1-3H3/b23-15+. The highest BCUT2D eigenvalue weighted by molar-refractivity contribution is 6.33. The third kappa shape index (κ3) is 4.43. The van der Waals surface area contributed by atoms with Crippen LogP contribution in [0.1, 0.15) is 18.1 Å². The van der Waals surface area contributed by atoms with E-state index in [0.29, 0.717) is 35.1 Å². The fourth-order valence-corrected chi connectivity index (χ4v) is 3.52. The fourth-order valence-electron chi connectivity index (χ4n) is 3.52. The zero-order valence-electron chi connectivity index (χ0n) is 18.5. The Morgan fingerprint density at radius 1 is 0.970 bits per heavy atom. The molecular weight excluding hydrogens is 423 g/mol. The van der Waals surface area contributed by atoms with Crippen LogP contribution in [0.4, 0.5) is 10.1 Å². The quantitative estimate of drug-likeness (QED) is 0.475. The second kappa shape index (κ2) is 9.56. The zero-order chi connectivity index (χ0) is 23.4. The highest BCUT2D eigenvalue weighted by Crippen LogP contribution is 2.32. The van der Waals surface area contributed by atoms with Gasteiger partial charge in [0.1, 0.15) is 28.8 Å². The Hall–Kier alpha value is -4.13. The summed E-state index contributed by atoms with van der Waals surface area (Å²) >= 11 is 0. The molecule has 0 fully saturated rings. The predicted molar refractivity (Wildman–Crippen MR) is 126 cm³/mol. The molecule has 0 aliphatic carbocycles. The number of ether oxygens (including phenoxy) is 3. The maximum Gasteiger partial charge on any atom is 0.282 e. The summed E-state index contributed by atoms with van der Waals surface area (Å²) in [5, 5.41) is 0. The third-order valence-corrected chi connectivity index (χ3v) is 5.11. The van der Waals surface area contributed by atoms with Gasteiger partial charge in [0, 0.05) is 11.6 Å². The SMILES string of the molecule is CCOc1ccc(N2C(=O)/C(=C\c3ccc(OC)cc3OC)N=C2c2ccccc2F)cc1. The minimum Gasteiger partial charge on any atom is -0.497 e. The van der Waals surface area contributed by atoms with Gasteiger partial charge in [-0.3, -0.25) is 9.69 Å². The third-order valence-electron chi connectivity index (χ3n) is 5.11. The van der Waals surface area contributed by atoms with Gasteiger partial charge in [-0.1, -0.05) is 12.1 Å². The second-order valence-corrected chi connectivity index (χ2v) is 7.12. The number of halogens is 1. The lowest BCUT2D eigenvalue weighted by atomic mass is 10.1. The molecule has 0 unspecified atom stereocenters. The molecule has 33 heavy (non-hydrogen) atoms. The van der Waals surface area contributed by atoms with Gasteiger partial charge >= 0.3 is 0 Å². The number of carbonyl (C=O) groups excluding carboxylic acids is 1. The first-order valence-corrected chi connectivity index (χ1v) is 10.4. The van der Waals surface area contributed by atoms with Gasteiger partial charge in [0.25, 0.3) is 5.91 Å². The molecule has 0 saturated carbocycles. The van der Waals surface area contributed by atoms with Crippen LogP contribution in [0.2, 0.25) is 0 Å². The average Bonchev–Trinajstić information content (AvgIpc) is 3.16. The van der Waals surface area contributed by atoms with Crippen molar-refractivity contribution in [2.45, 2.75) is 6.92 Å². The van der Waals surface area contributed by atoms with Crippen molar-refractivity contribution in [3.63, 3.8) is 0 Å². The topological polar surface area (TPSA) is 60.4 Å². The van der Waals surface area contributed by atoms with Gasteiger partial charge in [0.05, 0.1) is 32.1 Å². The molecule has 168 valence electrons. The summed E-state index contributed by atoms with van der Waals surface area (Å²) in [6.45, 7) is 2.42. The first-order valence-electron chi connectivity index (χ1n) is 10.4. The van der Waals surface area contributed by atoms with E-state index in [2.05, 4.69) is 4.99 Å². The minimum absolute atomic E-state index is 0.158. The van der Waals surface area contributed by atoms with Gasteiger partial charge in [-0.15, -0.1) is 0 Å². The van der Waals surface area contributed by atoms with Crippen molar-refractivity contribution < 1.29 is 23.4 Å². The van der Waals surface area contributed by atoms with Gasteiger partial charge in [-0.2, -0.15) is 0 Å². The number of rotatable bonds is 7. The largest absolute Gasteiger partial charge is 0.497 e. The van der Waals surface area contributed by atoms with Crippen molar-refractivity contribution in [1.82, 2.24) is 0 Å². The Morgan fingerprint density at radius 2 is 1.70 bits per heavy atom. The van der Waals surface area contributed by atoms with Crippen LogP contribution < -0.4 is 19.1 Å². The molecule has 1 aliphatic heterocycles. The molecule has 1 heterocycles. The van der Waals surface area contributed by atoms with Gasteiger partial charge in [-0.05, 0) is 61.5 Å². The number of nitrogens with zero attached hydrogens (tertiary/aromatic N) is 2. The van der Waals surface area contributed by atoms with Crippen LogP contribution in [0.25, 0.3) is 6.08 Å². The van der Waals surface area contributed by atoms with E-state index in [-0.39, 0.29) is 23.0 Å². The van der Waals surface area contributed by atoms with E-state index in [9.17, 15) is 9.18 Å². The maximum atomic E-state index is 14.7. The summed E-state index contributed by atoms with van der Waals surface area (Å²) in [6.07, 6.45) is 1.62. The first-order chi connectivity index (χ1) is 16.0. The Kier molecular flexibility index (Phi) is 6.40. The van der Waals surface area contributed by atoms with E-state index in [1.54, 1.807) is 73.8 Å². The number of benzene rings is 3. The number of hydrogen-bond acceptors (Lipinski definition) is 5. The lowest BCUT2D eigenvalue weighted by molar-refractivity contribution is -0.113. The average molecular weight is 446 g/mol. The summed E-state index contributed by atoms with van der Waals surface area (Å²) in [6, 6.07) is 18.5. The van der Waals surface area contributed by atoms with E-state index in [1.807, 2.05) is 6.92 Å². The predicted octanol–water partition coefficient (Wildman–Crippen LogP) is 5.08. The van der Waals surface area contributed by atoms with Gasteiger partial charge in [0.2, 0.25) is 0 Å². The van der Waals surface area contributed by atoms with Crippen molar-refractivity contribution in [2.24, 2.45) is 4.99 Å². The molecule has 0 spiro atoms. The Bertz CT molecular complexity index is 1240. The Morgan fingerprint density at radius 3 is 2.36 bits per heavy atom. The van der Waals surface area contributed by atoms with Crippen LogP contribution in [0, 0.1) is 5.82 Å². The molecule has 3 aromatic carbocycles. The smallest absolute Gasteiger partial charge is 0.282 e. The number of aliphatic imine (C=N–C) groups is 1. The number of methoxy groups -OCH3 is 2. The van der Waals surface area contributed by atoms with Crippen molar-refractivity contribution in [3.05, 3.63) is 89.4 Å². The molecule has 4 rings (SSSR count). The fraction of sp³-hybridized carbons (Fsp3) is 0.154. The van der Waals surface area contributed by atoms with E-state index in [1.165, 1.54) is 18.1 Å². The van der Waals surface area contributed by atoms with Crippen LogP contribution in [0.15, 0.2) is 77.4 Å². The molecule has 0 atom stereocenters. The molecule has 6 nitrogen and oxygen atoms in total. The van der Waals surface area contributed by atoms with Crippen molar-refractivity contribution in [1.29, 1.82) is 0 Å². The zero-order valence-corrected chi connectivity index (χ0v) is 18.5. The molecule has 0 N–H and O–H groups in total. The number of anilines is 1. The lowest BCUT2D eigenvalue weighted by Crippen LogP contribution is -2.33. The molecule has 3 aromatic rings. The summed E-state index contributed by atoms with van der Waals surface area (Å²) in [4.78, 5) is 19.4. The molecule has 0 saturated heterocycles. The molecule has 1 aliphatic rings. The highest BCUT2D eigenvalue weighted by atomic mass is 19.1. The van der Waals surface area contributed by atoms with Crippen molar-refractivity contribution in [2.75, 3.05) is 25.7 Å². The summed E-state index contributed by atoms with van der Waals surface area (Å²) in [5.41, 5.74) is 1.58. The molecule has 0 bridgehead atoms. The van der Waals surface area contributed by atoms with Gasteiger partial charge in [0.15, 0.2) is 5.84 Å². The van der Waals surface area contributed by atoms with Gasteiger partial charge in [-0.25, -0.2) is 9.38 Å². The number of amidine groups is 1. The molecule has 1 amide bonds. The number of amides is 1. The summed E-state index contributed by atoms with van der Waals surface area (Å²) in [7, 11) is 3.10.